The molecule has 1 aromatic carbocycles. The van der Waals surface area contributed by atoms with Crippen molar-refractivity contribution in [2.75, 3.05) is 26.3 Å². The summed E-state index contributed by atoms with van der Waals surface area (Å²) in [5.74, 6) is 0.156. The summed E-state index contributed by atoms with van der Waals surface area (Å²) < 4.78 is 38.6. The number of hydrogen-bond acceptors (Lipinski definition) is 5. The number of nitrogens with one attached hydrogen (secondary N) is 1. The van der Waals surface area contributed by atoms with E-state index in [-0.39, 0.29) is 17.7 Å². The standard InChI is InChI=1S/C21H25F2N3O2/c1-14(20-18(23)11-19-21(25-20)28-10-9-27-19)26-8-2-3-17(13-26)24-12-15-4-6-16(22)7-5-15/h4-7,11,14,17,24H,2-3,8-10,12-13H2,1H3/t14?,17-/m0/s1. The quantitative estimate of drug-likeness (QED) is 0.849. The van der Waals surface area contributed by atoms with E-state index in [0.29, 0.717) is 43.1 Å². The van der Waals surface area contributed by atoms with Gasteiger partial charge in [-0.25, -0.2) is 13.8 Å². The fraction of sp³-hybridized carbons (Fsp3) is 0.476. The van der Waals surface area contributed by atoms with Gasteiger partial charge in [-0.05, 0) is 44.0 Å². The van der Waals surface area contributed by atoms with E-state index in [4.69, 9.17) is 9.47 Å². The lowest BCUT2D eigenvalue weighted by Gasteiger charge is -2.37. The molecule has 2 aromatic rings. The first-order valence-corrected chi connectivity index (χ1v) is 9.78. The van der Waals surface area contributed by atoms with Crippen molar-refractivity contribution < 1.29 is 18.3 Å². The van der Waals surface area contributed by atoms with Crippen LogP contribution in [0.2, 0.25) is 0 Å². The Morgan fingerprint density at radius 3 is 2.82 bits per heavy atom. The molecular weight excluding hydrogens is 364 g/mol. The third kappa shape index (κ3) is 4.25. The fourth-order valence-corrected chi connectivity index (χ4v) is 3.82. The van der Waals surface area contributed by atoms with Crippen molar-refractivity contribution in [1.82, 2.24) is 15.2 Å². The molecule has 150 valence electrons. The maximum atomic E-state index is 14.6. The van der Waals surface area contributed by atoms with Crippen LogP contribution in [0.4, 0.5) is 8.78 Å². The molecule has 1 aromatic heterocycles. The van der Waals surface area contributed by atoms with Crippen LogP contribution >= 0.6 is 0 Å². The van der Waals surface area contributed by atoms with Crippen molar-refractivity contribution >= 4 is 0 Å². The Morgan fingerprint density at radius 2 is 2.00 bits per heavy atom. The molecular formula is C21H25F2N3O2. The first-order chi connectivity index (χ1) is 13.6. The average molecular weight is 389 g/mol. The molecule has 2 aliphatic rings. The summed E-state index contributed by atoms with van der Waals surface area (Å²) in [7, 11) is 0. The number of ether oxygens (including phenoxy) is 2. The highest BCUT2D eigenvalue weighted by Gasteiger charge is 2.28. The molecule has 5 nitrogen and oxygen atoms in total. The van der Waals surface area contributed by atoms with Gasteiger partial charge in [0, 0.05) is 25.2 Å². The minimum absolute atomic E-state index is 0.161. The van der Waals surface area contributed by atoms with Crippen LogP contribution in [-0.2, 0) is 6.54 Å². The molecule has 0 bridgehead atoms. The number of aromatic nitrogens is 1. The van der Waals surface area contributed by atoms with Crippen LogP contribution in [0.1, 0.15) is 37.1 Å². The Kier molecular flexibility index (Phi) is 5.73. The number of piperidine rings is 1. The van der Waals surface area contributed by atoms with Gasteiger partial charge < -0.3 is 14.8 Å². The maximum absolute atomic E-state index is 14.6. The number of benzene rings is 1. The third-order valence-corrected chi connectivity index (χ3v) is 5.42. The normalized spacial score (nSPS) is 20.8. The summed E-state index contributed by atoms with van der Waals surface area (Å²) in [5, 5.41) is 3.54. The van der Waals surface area contributed by atoms with E-state index in [1.807, 2.05) is 6.92 Å². The van der Waals surface area contributed by atoms with E-state index >= 15 is 0 Å². The van der Waals surface area contributed by atoms with E-state index in [1.54, 1.807) is 12.1 Å². The molecule has 2 aliphatic heterocycles. The Bertz CT molecular complexity index is 816. The van der Waals surface area contributed by atoms with Crippen molar-refractivity contribution in [2.24, 2.45) is 0 Å². The lowest BCUT2D eigenvalue weighted by molar-refractivity contribution is 0.135. The van der Waals surface area contributed by atoms with Crippen molar-refractivity contribution in [3.8, 4) is 11.6 Å². The third-order valence-electron chi connectivity index (χ3n) is 5.42. The van der Waals surface area contributed by atoms with Gasteiger partial charge in [-0.1, -0.05) is 12.1 Å². The molecule has 28 heavy (non-hydrogen) atoms. The number of pyridine rings is 1. The summed E-state index contributed by atoms with van der Waals surface area (Å²) in [5.41, 5.74) is 1.44. The number of rotatable bonds is 5. The monoisotopic (exact) mass is 389 g/mol. The van der Waals surface area contributed by atoms with Gasteiger partial charge in [-0.3, -0.25) is 4.90 Å². The zero-order valence-electron chi connectivity index (χ0n) is 16.0. The molecule has 0 aliphatic carbocycles. The van der Waals surface area contributed by atoms with Crippen LogP contribution in [0.15, 0.2) is 30.3 Å². The average Bonchev–Trinajstić information content (AvgIpc) is 2.72. The van der Waals surface area contributed by atoms with Gasteiger partial charge in [0.05, 0.1) is 11.7 Å². The van der Waals surface area contributed by atoms with E-state index in [2.05, 4.69) is 15.2 Å². The predicted octanol–water partition coefficient (Wildman–Crippen LogP) is 3.45. The number of likely N-dealkylation sites (tertiary alicyclic amines) is 1. The van der Waals surface area contributed by atoms with Crippen molar-refractivity contribution in [3.63, 3.8) is 0 Å². The van der Waals surface area contributed by atoms with E-state index in [1.165, 1.54) is 18.2 Å². The van der Waals surface area contributed by atoms with Gasteiger partial charge in [0.1, 0.15) is 24.8 Å². The van der Waals surface area contributed by atoms with Crippen LogP contribution in [0.25, 0.3) is 0 Å². The molecule has 4 rings (SSSR count). The van der Waals surface area contributed by atoms with Gasteiger partial charge in [0.15, 0.2) is 5.75 Å². The van der Waals surface area contributed by atoms with Crippen molar-refractivity contribution in [1.29, 1.82) is 0 Å². The number of nitrogens with zero attached hydrogens (tertiary/aromatic N) is 2. The maximum Gasteiger partial charge on any atom is 0.257 e. The molecule has 7 heteroatoms. The van der Waals surface area contributed by atoms with Gasteiger partial charge >= 0.3 is 0 Å². The van der Waals surface area contributed by atoms with Crippen LogP contribution in [-0.4, -0.2) is 42.2 Å². The Balaban J connectivity index is 1.40. The van der Waals surface area contributed by atoms with Gasteiger partial charge in [0.2, 0.25) is 0 Å². The highest BCUT2D eigenvalue weighted by Crippen LogP contribution is 2.33. The molecule has 0 saturated carbocycles. The minimum atomic E-state index is -0.363. The molecule has 0 amide bonds. The van der Waals surface area contributed by atoms with E-state index in [0.717, 1.165) is 31.5 Å². The Hall–Kier alpha value is -2.25. The molecule has 1 saturated heterocycles. The second kappa shape index (κ2) is 8.41. The summed E-state index contributed by atoms with van der Waals surface area (Å²) >= 11 is 0. The molecule has 0 spiro atoms. The van der Waals surface area contributed by atoms with Gasteiger partial charge in [-0.2, -0.15) is 0 Å². The van der Waals surface area contributed by atoms with Crippen molar-refractivity contribution in [3.05, 3.63) is 53.2 Å². The van der Waals surface area contributed by atoms with Crippen molar-refractivity contribution in [2.45, 2.75) is 38.4 Å². The Morgan fingerprint density at radius 1 is 1.21 bits per heavy atom. The zero-order valence-corrected chi connectivity index (χ0v) is 16.0. The lowest BCUT2D eigenvalue weighted by Crippen LogP contribution is -2.46. The number of halogens is 2. The van der Waals surface area contributed by atoms with Crippen LogP contribution < -0.4 is 14.8 Å². The molecule has 3 heterocycles. The summed E-state index contributed by atoms with van der Waals surface area (Å²) in [4.78, 5) is 6.64. The summed E-state index contributed by atoms with van der Waals surface area (Å²) in [6, 6.07) is 8.04. The second-order valence-electron chi connectivity index (χ2n) is 7.37. The first kappa shape index (κ1) is 19.1. The molecule has 1 unspecified atom stereocenters. The largest absolute Gasteiger partial charge is 0.484 e. The number of fused-ring (bicyclic) bond motifs is 1. The lowest BCUT2D eigenvalue weighted by atomic mass is 10.0. The molecule has 0 radical (unpaired) electrons. The van der Waals surface area contributed by atoms with Crippen LogP contribution in [0.5, 0.6) is 11.6 Å². The highest BCUT2D eigenvalue weighted by molar-refractivity contribution is 5.37. The molecule has 2 atom stereocenters. The summed E-state index contributed by atoms with van der Waals surface area (Å²) in [6.07, 6.45) is 2.08. The Labute approximate surface area is 163 Å². The SMILES string of the molecule is CC(c1nc2c(cc1F)OCCO2)N1CCC[C@H](NCc2ccc(F)cc2)C1. The molecule has 1 N–H and O–H groups in total. The zero-order chi connectivity index (χ0) is 19.5. The van der Waals surface area contributed by atoms with Gasteiger partial charge in [-0.15, -0.1) is 0 Å². The topological polar surface area (TPSA) is 46.6 Å². The van der Waals surface area contributed by atoms with Gasteiger partial charge in [0.25, 0.3) is 5.88 Å². The van der Waals surface area contributed by atoms with E-state index < -0.39 is 0 Å². The predicted molar refractivity (Wildman–Crippen MR) is 101 cm³/mol. The van der Waals surface area contributed by atoms with E-state index in [9.17, 15) is 8.78 Å². The summed E-state index contributed by atoms with van der Waals surface area (Å²) in [6.45, 7) is 5.20. The first-order valence-electron chi connectivity index (χ1n) is 9.78. The molecule has 1 fully saturated rings. The minimum Gasteiger partial charge on any atom is -0.484 e. The fourth-order valence-electron chi connectivity index (χ4n) is 3.82. The van der Waals surface area contributed by atoms with Crippen LogP contribution in [0.3, 0.4) is 0 Å². The van der Waals surface area contributed by atoms with Crippen LogP contribution in [0, 0.1) is 11.6 Å². The highest BCUT2D eigenvalue weighted by atomic mass is 19.1. The second-order valence-corrected chi connectivity index (χ2v) is 7.37. The number of hydrogen-bond donors (Lipinski definition) is 1. The smallest absolute Gasteiger partial charge is 0.257 e.